The quantitative estimate of drug-likeness (QED) is 0.288. The number of fused-ring (bicyclic) bond motifs is 1. The van der Waals surface area contributed by atoms with Crippen molar-refractivity contribution in [3.8, 4) is 16.9 Å². The summed E-state index contributed by atoms with van der Waals surface area (Å²) in [4.78, 5) is 32.8. The van der Waals surface area contributed by atoms with Crippen LogP contribution in [0.1, 0.15) is 69.4 Å². The maximum atomic E-state index is 13.7. The monoisotopic (exact) mass is 528 g/mol. The Morgan fingerprint density at radius 3 is 2.44 bits per heavy atom. The number of nitrogens with zero attached hydrogens (tertiary/aromatic N) is 6. The van der Waals surface area contributed by atoms with E-state index in [4.69, 9.17) is 9.84 Å². The van der Waals surface area contributed by atoms with Gasteiger partial charge in [-0.15, -0.1) is 5.10 Å². The summed E-state index contributed by atoms with van der Waals surface area (Å²) in [6.07, 6.45) is 7.23. The van der Waals surface area contributed by atoms with E-state index in [2.05, 4.69) is 17.0 Å². The maximum absolute atomic E-state index is 13.7. The number of hydrogen-bond acceptors (Lipinski definition) is 6. The third-order valence-corrected chi connectivity index (χ3v) is 7.51. The summed E-state index contributed by atoms with van der Waals surface area (Å²) in [5, 5.41) is 9.46. The fourth-order valence-electron chi connectivity index (χ4n) is 5.28. The molecule has 3 heterocycles. The van der Waals surface area contributed by atoms with Gasteiger partial charge in [0, 0.05) is 41.7 Å². The highest BCUT2D eigenvalue weighted by Crippen LogP contribution is 2.33. The zero-order valence-corrected chi connectivity index (χ0v) is 23.3. The Kier molecular flexibility index (Phi) is 7.50. The second kappa shape index (κ2) is 11.0. The molecule has 0 aliphatic heterocycles. The molecule has 9 nitrogen and oxygen atoms in total. The SMILES string of the molecule is CCOC(=O)c1cn(-c2ccc(-c3cc4nccc(C)n4n3)cc2)nc1N(C(=O)[C@H]1CC[C@H](C)CC1)C(C)C. The van der Waals surface area contributed by atoms with Crippen LogP contribution >= 0.6 is 0 Å². The first-order valence-electron chi connectivity index (χ1n) is 13.8. The van der Waals surface area contributed by atoms with Gasteiger partial charge >= 0.3 is 5.97 Å². The van der Waals surface area contributed by atoms with Crippen LogP contribution in [-0.4, -0.2) is 48.9 Å². The van der Waals surface area contributed by atoms with E-state index in [9.17, 15) is 9.59 Å². The van der Waals surface area contributed by atoms with Gasteiger partial charge in [0.15, 0.2) is 11.5 Å². The van der Waals surface area contributed by atoms with Gasteiger partial charge in [0.25, 0.3) is 0 Å². The van der Waals surface area contributed by atoms with Gasteiger partial charge in [-0.3, -0.25) is 9.69 Å². The van der Waals surface area contributed by atoms with Crippen molar-refractivity contribution in [1.82, 2.24) is 24.4 Å². The number of aryl methyl sites for hydroxylation is 1. The van der Waals surface area contributed by atoms with Gasteiger partial charge < -0.3 is 4.74 Å². The topological polar surface area (TPSA) is 94.6 Å². The number of amides is 1. The Morgan fingerprint density at radius 1 is 1.08 bits per heavy atom. The molecule has 0 unspecified atom stereocenters. The normalized spacial score (nSPS) is 17.5. The Balaban J connectivity index is 1.49. The maximum Gasteiger partial charge on any atom is 0.343 e. The first-order valence-corrected chi connectivity index (χ1v) is 13.8. The average molecular weight is 529 g/mol. The molecule has 39 heavy (non-hydrogen) atoms. The summed E-state index contributed by atoms with van der Waals surface area (Å²) in [7, 11) is 0. The lowest BCUT2D eigenvalue weighted by Gasteiger charge is -2.32. The molecule has 1 aromatic carbocycles. The number of esters is 1. The molecule has 1 saturated carbocycles. The van der Waals surface area contributed by atoms with Gasteiger partial charge in [0.1, 0.15) is 5.56 Å². The summed E-state index contributed by atoms with van der Waals surface area (Å²) < 4.78 is 8.82. The third-order valence-electron chi connectivity index (χ3n) is 7.51. The van der Waals surface area contributed by atoms with Crippen LogP contribution in [0.3, 0.4) is 0 Å². The van der Waals surface area contributed by atoms with E-state index in [1.807, 2.05) is 61.7 Å². The molecule has 1 amide bonds. The highest BCUT2D eigenvalue weighted by Gasteiger charge is 2.34. The fraction of sp³-hybridized carbons (Fsp3) is 0.433. The molecule has 5 rings (SSSR count). The van der Waals surface area contributed by atoms with Crippen molar-refractivity contribution in [2.24, 2.45) is 11.8 Å². The van der Waals surface area contributed by atoms with Crippen molar-refractivity contribution in [2.75, 3.05) is 11.5 Å². The van der Waals surface area contributed by atoms with Crippen LogP contribution in [0.4, 0.5) is 5.82 Å². The number of aromatic nitrogens is 5. The van der Waals surface area contributed by atoms with E-state index in [0.29, 0.717) is 11.7 Å². The first-order chi connectivity index (χ1) is 18.8. The molecule has 1 fully saturated rings. The molecule has 4 aromatic rings. The standard InChI is InChI=1S/C30H36N6O3/c1-6-39-30(38)25-18-34(33-28(25)35(19(2)3)29(37)23-9-7-20(4)8-10-23)24-13-11-22(12-14-24)26-17-27-31-16-15-21(5)36(27)32-26/h11-20,23H,6-10H2,1-5H3/t20-,23-. The molecule has 0 N–H and O–H groups in total. The van der Waals surface area contributed by atoms with Gasteiger partial charge in [-0.05, 0) is 77.5 Å². The third kappa shape index (κ3) is 5.30. The molecule has 0 atom stereocenters. The lowest BCUT2D eigenvalue weighted by atomic mass is 9.82. The van der Waals surface area contributed by atoms with Crippen LogP contribution < -0.4 is 4.90 Å². The molecular formula is C30H36N6O3. The number of hydrogen-bond donors (Lipinski definition) is 0. The van der Waals surface area contributed by atoms with Gasteiger partial charge in [-0.2, -0.15) is 5.10 Å². The second-order valence-corrected chi connectivity index (χ2v) is 10.7. The Hall–Kier alpha value is -4.01. The smallest absolute Gasteiger partial charge is 0.343 e. The number of benzene rings is 1. The Morgan fingerprint density at radius 2 is 1.79 bits per heavy atom. The average Bonchev–Trinajstić information content (AvgIpc) is 3.55. The van der Waals surface area contributed by atoms with E-state index in [1.165, 1.54) is 0 Å². The fourth-order valence-corrected chi connectivity index (χ4v) is 5.28. The Bertz CT molecular complexity index is 1480. The summed E-state index contributed by atoms with van der Waals surface area (Å²) in [6, 6.07) is 11.5. The van der Waals surface area contributed by atoms with Crippen LogP contribution in [-0.2, 0) is 9.53 Å². The van der Waals surface area contributed by atoms with Crippen molar-refractivity contribution in [3.05, 3.63) is 60.0 Å². The van der Waals surface area contributed by atoms with E-state index in [-0.39, 0.29) is 30.0 Å². The molecule has 1 aliphatic rings. The summed E-state index contributed by atoms with van der Waals surface area (Å²) in [5.41, 5.74) is 4.59. The molecule has 9 heteroatoms. The number of ether oxygens (including phenoxy) is 1. The van der Waals surface area contributed by atoms with Crippen molar-refractivity contribution in [1.29, 1.82) is 0 Å². The number of rotatable bonds is 7. The van der Waals surface area contributed by atoms with Crippen LogP contribution in [0, 0.1) is 18.8 Å². The lowest BCUT2D eigenvalue weighted by Crippen LogP contribution is -2.43. The minimum Gasteiger partial charge on any atom is -0.462 e. The highest BCUT2D eigenvalue weighted by atomic mass is 16.5. The zero-order chi connectivity index (χ0) is 27.7. The number of anilines is 1. The highest BCUT2D eigenvalue weighted by molar-refractivity contribution is 6.02. The molecule has 0 spiro atoms. The lowest BCUT2D eigenvalue weighted by molar-refractivity contribution is -0.124. The van der Waals surface area contributed by atoms with Crippen LogP contribution in [0.2, 0.25) is 0 Å². The molecule has 1 aliphatic carbocycles. The molecule has 0 radical (unpaired) electrons. The number of carbonyl (C=O) groups is 2. The van der Waals surface area contributed by atoms with Gasteiger partial charge in [-0.25, -0.2) is 19.0 Å². The Labute approximate surface area is 228 Å². The molecular weight excluding hydrogens is 492 g/mol. The zero-order valence-electron chi connectivity index (χ0n) is 23.3. The molecule has 3 aromatic heterocycles. The van der Waals surface area contributed by atoms with Crippen LogP contribution in [0.15, 0.2) is 48.8 Å². The van der Waals surface area contributed by atoms with E-state index in [0.717, 1.165) is 54.0 Å². The van der Waals surface area contributed by atoms with Crippen molar-refractivity contribution in [3.63, 3.8) is 0 Å². The second-order valence-electron chi connectivity index (χ2n) is 10.7. The summed E-state index contributed by atoms with van der Waals surface area (Å²) in [6.45, 7) is 10.1. The van der Waals surface area contributed by atoms with Crippen LogP contribution in [0.5, 0.6) is 0 Å². The van der Waals surface area contributed by atoms with E-state index < -0.39 is 5.97 Å². The van der Waals surface area contributed by atoms with Gasteiger partial charge in [0.2, 0.25) is 5.91 Å². The predicted molar refractivity (Wildman–Crippen MR) is 150 cm³/mol. The number of carbonyl (C=O) groups excluding carboxylic acids is 2. The minimum absolute atomic E-state index is 0.0267. The van der Waals surface area contributed by atoms with Crippen molar-refractivity contribution in [2.45, 2.75) is 66.3 Å². The molecule has 204 valence electrons. The van der Waals surface area contributed by atoms with Gasteiger partial charge in [0.05, 0.1) is 18.0 Å². The minimum atomic E-state index is -0.487. The van der Waals surface area contributed by atoms with Crippen LogP contribution in [0.25, 0.3) is 22.6 Å². The van der Waals surface area contributed by atoms with E-state index in [1.54, 1.807) is 28.9 Å². The summed E-state index contributed by atoms with van der Waals surface area (Å²) in [5.74, 6) is 0.460. The molecule has 0 bridgehead atoms. The van der Waals surface area contributed by atoms with Gasteiger partial charge in [-0.1, -0.05) is 19.1 Å². The van der Waals surface area contributed by atoms with E-state index >= 15 is 0 Å². The summed E-state index contributed by atoms with van der Waals surface area (Å²) >= 11 is 0. The largest absolute Gasteiger partial charge is 0.462 e. The molecule has 0 saturated heterocycles. The van der Waals surface area contributed by atoms with Crippen molar-refractivity contribution >= 4 is 23.3 Å². The van der Waals surface area contributed by atoms with Crippen molar-refractivity contribution < 1.29 is 14.3 Å². The predicted octanol–water partition coefficient (Wildman–Crippen LogP) is 5.63. The first kappa shape index (κ1) is 26.6.